The van der Waals surface area contributed by atoms with E-state index in [9.17, 15) is 32.7 Å². The zero-order valence-electron chi connectivity index (χ0n) is 23.1. The van der Waals surface area contributed by atoms with Crippen LogP contribution in [0.5, 0.6) is 5.75 Å². The number of rotatable bonds is 7. The third kappa shape index (κ3) is 6.13. The van der Waals surface area contributed by atoms with Gasteiger partial charge in [0.05, 0.1) is 22.0 Å². The van der Waals surface area contributed by atoms with Gasteiger partial charge in [-0.3, -0.25) is 14.4 Å². The van der Waals surface area contributed by atoms with Crippen LogP contribution < -0.4 is 15.9 Å². The van der Waals surface area contributed by atoms with Gasteiger partial charge in [-0.15, -0.1) is 11.8 Å². The second kappa shape index (κ2) is 12.2. The number of hydrogen-bond acceptors (Lipinski definition) is 9. The number of aryl methyl sites for hydroxylation is 1. The Labute approximate surface area is 259 Å². The molecule has 11 nitrogen and oxygen atoms in total. The summed E-state index contributed by atoms with van der Waals surface area (Å²) in [7, 11) is 7.38. The van der Waals surface area contributed by atoms with Gasteiger partial charge in [-0.1, -0.05) is 11.6 Å². The van der Waals surface area contributed by atoms with E-state index in [2.05, 4.69) is 20.4 Å². The van der Waals surface area contributed by atoms with Gasteiger partial charge < -0.3 is 20.2 Å². The van der Waals surface area contributed by atoms with Crippen molar-refractivity contribution in [3.63, 3.8) is 0 Å². The van der Waals surface area contributed by atoms with Crippen LogP contribution in [0.15, 0.2) is 47.8 Å². The highest BCUT2D eigenvalue weighted by Crippen LogP contribution is 2.50. The van der Waals surface area contributed by atoms with Crippen LogP contribution in [0.4, 0.5) is 24.8 Å². The highest BCUT2D eigenvalue weighted by Gasteiger charge is 2.47. The van der Waals surface area contributed by atoms with Gasteiger partial charge in [0, 0.05) is 48.1 Å². The van der Waals surface area contributed by atoms with Crippen molar-refractivity contribution >= 4 is 66.7 Å². The molecule has 1 aromatic carbocycles. The number of carbonyl (C=O) groups is 3. The predicted molar refractivity (Wildman–Crippen MR) is 158 cm³/mol. The second-order valence-corrected chi connectivity index (χ2v) is 11.9. The fourth-order valence-electron chi connectivity index (χ4n) is 5.26. The number of aldehydes is 1. The van der Waals surface area contributed by atoms with Crippen molar-refractivity contribution < 1.29 is 32.7 Å². The van der Waals surface area contributed by atoms with E-state index in [1.165, 1.54) is 39.7 Å². The van der Waals surface area contributed by atoms with Crippen LogP contribution in [0.2, 0.25) is 5.02 Å². The Balaban J connectivity index is 1.40. The average Bonchev–Trinajstić information content (AvgIpc) is 3.50. The van der Waals surface area contributed by atoms with Crippen LogP contribution in [0.25, 0.3) is 0 Å². The standard InChI is InChI=1S/C27H24BClF3N7O4S/c1-37-25(35-24(28)36-37)39(12-21(42)34-18-5-4-15(11-17(18)29)27(30,31)32)19-14-44-26(16(19)13-40)6-9-38(10-7-26)23(43)22-20(41)3-2-8-33-22/h2-5,8,11,13,41H,6-7,9-10,12,14H2,1H3,(H,34,42). The number of pyridine rings is 1. The molecule has 4 heterocycles. The summed E-state index contributed by atoms with van der Waals surface area (Å²) in [6.45, 7) is 0.183. The third-order valence-corrected chi connectivity index (χ3v) is 9.36. The molecule has 1 saturated heterocycles. The number of aromatic hydroxyl groups is 1. The number of hydrogen-bond donors (Lipinski definition) is 2. The van der Waals surface area contributed by atoms with Crippen LogP contribution in [0.3, 0.4) is 0 Å². The first-order valence-electron chi connectivity index (χ1n) is 13.2. The van der Waals surface area contributed by atoms with Crippen molar-refractivity contribution in [1.82, 2.24) is 24.6 Å². The molecule has 228 valence electrons. The topological polar surface area (TPSA) is 134 Å². The predicted octanol–water partition coefficient (Wildman–Crippen LogP) is 2.70. The second-order valence-electron chi connectivity index (χ2n) is 10.1. The van der Waals surface area contributed by atoms with E-state index in [-0.39, 0.29) is 46.9 Å². The molecule has 0 aliphatic carbocycles. The van der Waals surface area contributed by atoms with Gasteiger partial charge in [0.25, 0.3) is 5.91 Å². The SMILES string of the molecule is [B]c1nc(N(CC(=O)Nc2ccc(C(F)(F)F)cc2Cl)C2=C(C=O)C3(CCN(C(=O)c4ncccc4O)CC3)SC2)n(C)n1. The third-order valence-electron chi connectivity index (χ3n) is 7.45. The Hall–Kier alpha value is -4.05. The van der Waals surface area contributed by atoms with Crippen LogP contribution in [-0.2, 0) is 22.8 Å². The van der Waals surface area contributed by atoms with E-state index in [0.717, 1.165) is 24.5 Å². The van der Waals surface area contributed by atoms with E-state index in [0.29, 0.717) is 29.9 Å². The van der Waals surface area contributed by atoms with Crippen molar-refractivity contribution in [3.05, 3.63) is 64.1 Å². The van der Waals surface area contributed by atoms with Gasteiger partial charge >= 0.3 is 6.18 Å². The highest BCUT2D eigenvalue weighted by atomic mass is 35.5. The minimum absolute atomic E-state index is 0.0278. The Kier molecular flexibility index (Phi) is 8.67. The lowest BCUT2D eigenvalue weighted by atomic mass is 9.87. The molecule has 3 aromatic rings. The quantitative estimate of drug-likeness (QED) is 0.294. The largest absolute Gasteiger partial charge is 0.505 e. The van der Waals surface area contributed by atoms with Crippen molar-refractivity contribution in [1.29, 1.82) is 0 Å². The molecular formula is C27H24BClF3N7O4S. The highest BCUT2D eigenvalue weighted by molar-refractivity contribution is 8.01. The first kappa shape index (κ1) is 31.4. The number of alkyl halides is 3. The van der Waals surface area contributed by atoms with E-state index in [4.69, 9.17) is 19.4 Å². The molecule has 1 spiro atoms. The summed E-state index contributed by atoms with van der Waals surface area (Å²) in [5.74, 6) is -0.816. The number of nitrogens with one attached hydrogen (secondary N) is 1. The van der Waals surface area contributed by atoms with E-state index < -0.39 is 34.8 Å². The molecule has 44 heavy (non-hydrogen) atoms. The Morgan fingerprint density at radius 1 is 1.27 bits per heavy atom. The molecule has 2 amide bonds. The van der Waals surface area contributed by atoms with Gasteiger partial charge in [-0.2, -0.15) is 18.3 Å². The summed E-state index contributed by atoms with van der Waals surface area (Å²) in [6, 6.07) is 5.48. The van der Waals surface area contributed by atoms with Gasteiger partial charge in [0.2, 0.25) is 11.9 Å². The molecule has 2 aliphatic rings. The molecule has 0 atom stereocenters. The Morgan fingerprint density at radius 3 is 2.59 bits per heavy atom. The summed E-state index contributed by atoms with van der Waals surface area (Å²) in [5, 5.41) is 16.3. The fourth-order valence-corrected chi connectivity index (χ4v) is 7.01. The van der Waals surface area contributed by atoms with Gasteiger partial charge in [0.15, 0.2) is 13.5 Å². The van der Waals surface area contributed by atoms with Gasteiger partial charge in [-0.25, -0.2) is 14.6 Å². The number of nitrogens with zero attached hydrogens (tertiary/aromatic N) is 6. The summed E-state index contributed by atoms with van der Waals surface area (Å²) in [5.41, 5.74) is -0.222. The van der Waals surface area contributed by atoms with E-state index in [1.54, 1.807) is 11.9 Å². The molecule has 2 aromatic heterocycles. The molecule has 5 rings (SSSR count). The number of anilines is 2. The number of thioether (sulfide) groups is 1. The van der Waals surface area contributed by atoms with Crippen LogP contribution >= 0.6 is 23.4 Å². The first-order chi connectivity index (χ1) is 20.8. The van der Waals surface area contributed by atoms with Gasteiger partial charge in [0.1, 0.15) is 18.6 Å². The maximum atomic E-state index is 13.2. The maximum Gasteiger partial charge on any atom is 0.416 e. The first-order valence-corrected chi connectivity index (χ1v) is 14.6. The molecule has 0 bridgehead atoms. The number of likely N-dealkylation sites (tertiary alicyclic amines) is 1. The zero-order valence-corrected chi connectivity index (χ0v) is 24.7. The fraction of sp³-hybridized carbons (Fsp3) is 0.333. The number of halogens is 4. The van der Waals surface area contributed by atoms with Crippen molar-refractivity contribution in [2.75, 3.05) is 35.6 Å². The van der Waals surface area contributed by atoms with E-state index >= 15 is 0 Å². The molecule has 1 fully saturated rings. The molecule has 0 unspecified atom stereocenters. The molecule has 17 heteroatoms. The summed E-state index contributed by atoms with van der Waals surface area (Å²) < 4.78 is 39.9. The van der Waals surface area contributed by atoms with Crippen molar-refractivity contribution in [2.45, 2.75) is 23.8 Å². The minimum Gasteiger partial charge on any atom is -0.505 e. The molecular weight excluding hydrogens is 622 g/mol. The Morgan fingerprint density at radius 2 is 2.00 bits per heavy atom. The summed E-state index contributed by atoms with van der Waals surface area (Å²) >= 11 is 7.53. The number of aromatic nitrogens is 4. The van der Waals surface area contributed by atoms with Crippen molar-refractivity contribution in [3.8, 4) is 5.75 Å². The summed E-state index contributed by atoms with van der Waals surface area (Å²) in [6.07, 6.45) is -1.63. The monoisotopic (exact) mass is 645 g/mol. The lowest BCUT2D eigenvalue weighted by Crippen LogP contribution is -2.46. The lowest BCUT2D eigenvalue weighted by molar-refractivity contribution is -0.137. The lowest BCUT2D eigenvalue weighted by Gasteiger charge is -2.39. The molecule has 2 aliphatic heterocycles. The Bertz CT molecular complexity index is 1660. The number of benzene rings is 1. The maximum absolute atomic E-state index is 13.2. The van der Waals surface area contributed by atoms with Crippen LogP contribution in [0.1, 0.15) is 28.9 Å². The summed E-state index contributed by atoms with van der Waals surface area (Å²) in [4.78, 5) is 50.2. The van der Waals surface area contributed by atoms with E-state index in [1.807, 2.05) is 0 Å². The molecule has 2 radical (unpaired) electrons. The van der Waals surface area contributed by atoms with Crippen LogP contribution in [-0.4, -0.2) is 85.8 Å². The van der Waals surface area contributed by atoms with Crippen molar-refractivity contribution in [2.24, 2.45) is 7.05 Å². The molecule has 0 saturated carbocycles. The van der Waals surface area contributed by atoms with Gasteiger partial charge in [-0.05, 0) is 43.2 Å². The average molecular weight is 646 g/mol. The zero-order chi connectivity index (χ0) is 31.8. The number of amides is 2. The number of carbonyl (C=O) groups excluding carboxylic acids is 3. The smallest absolute Gasteiger partial charge is 0.416 e. The number of piperidine rings is 1. The van der Waals surface area contributed by atoms with Crippen LogP contribution in [0, 0.1) is 0 Å². The minimum atomic E-state index is -4.61. The molecule has 2 N–H and O–H groups in total. The normalized spacial score (nSPS) is 16.3.